The lowest BCUT2D eigenvalue weighted by Crippen LogP contribution is -2.42. The van der Waals surface area contributed by atoms with Crippen molar-refractivity contribution in [1.82, 2.24) is 9.97 Å². The summed E-state index contributed by atoms with van der Waals surface area (Å²) in [5.74, 6) is -1.04. The van der Waals surface area contributed by atoms with Gasteiger partial charge in [-0.15, -0.1) is 0 Å². The number of ether oxygens (including phenoxy) is 1. The number of fused-ring (bicyclic) bond motifs is 1. The number of hydrogen-bond acceptors (Lipinski definition) is 7. The molecule has 2 N–H and O–H groups in total. The fourth-order valence-corrected chi connectivity index (χ4v) is 7.24. The van der Waals surface area contributed by atoms with Gasteiger partial charge in [0.1, 0.15) is 11.4 Å². The molecule has 2 heterocycles. The number of carbonyl (C=O) groups excluding carboxylic acids is 1. The second-order valence-corrected chi connectivity index (χ2v) is 13.6. The summed E-state index contributed by atoms with van der Waals surface area (Å²) in [5, 5.41) is 12.0. The van der Waals surface area contributed by atoms with Crippen LogP contribution in [-0.2, 0) is 32.4 Å². The highest BCUT2D eigenvalue weighted by Gasteiger charge is 2.43. The standard InChI is InChI=1S/C38H37N3O5S/c1-2-32(29-17-11-18-31(24-29)41-47(44,45)37-39-26-30-16-9-10-19-33(30)40-37)35-34(42)25-38(46-36(35)43,22-20-27-12-5-3-6-13-27)23-21-28-14-7-4-8-15-28/h3-19,24,26,32,41-42H,2,20-23,25H2,1H3. The van der Waals surface area contributed by atoms with Crippen molar-refractivity contribution in [2.24, 2.45) is 0 Å². The van der Waals surface area contributed by atoms with E-state index in [-0.39, 0.29) is 22.9 Å². The van der Waals surface area contributed by atoms with Crippen molar-refractivity contribution >= 4 is 32.6 Å². The average Bonchev–Trinajstić information content (AvgIpc) is 3.09. The third kappa shape index (κ3) is 7.36. The molecule has 0 fully saturated rings. The molecule has 0 aliphatic carbocycles. The van der Waals surface area contributed by atoms with Gasteiger partial charge in [-0.2, -0.15) is 8.42 Å². The van der Waals surface area contributed by atoms with Gasteiger partial charge in [0, 0.05) is 29.6 Å². The fraction of sp³-hybridized carbons (Fsp3) is 0.237. The number of anilines is 1. The van der Waals surface area contributed by atoms with Crippen molar-refractivity contribution < 1.29 is 23.1 Å². The normalized spacial score (nSPS) is 15.3. The van der Waals surface area contributed by atoms with E-state index in [1.807, 2.05) is 61.5 Å². The molecule has 1 aromatic heterocycles. The van der Waals surface area contributed by atoms with Gasteiger partial charge in [0.25, 0.3) is 15.2 Å². The number of sulfonamides is 1. The Morgan fingerprint density at radius 2 is 1.51 bits per heavy atom. The number of aliphatic hydroxyl groups excluding tert-OH is 1. The summed E-state index contributed by atoms with van der Waals surface area (Å²) in [5.41, 5.74) is 3.10. The number of nitrogens with zero attached hydrogens (tertiary/aromatic N) is 2. The van der Waals surface area contributed by atoms with Gasteiger partial charge < -0.3 is 9.84 Å². The molecule has 1 unspecified atom stereocenters. The van der Waals surface area contributed by atoms with Crippen LogP contribution in [0.3, 0.4) is 0 Å². The summed E-state index contributed by atoms with van der Waals surface area (Å²) < 4.78 is 35.4. The summed E-state index contributed by atoms with van der Waals surface area (Å²) in [6, 6.07) is 34.1. The maximum Gasteiger partial charge on any atom is 0.338 e. The predicted octanol–water partition coefficient (Wildman–Crippen LogP) is 7.69. The van der Waals surface area contributed by atoms with Gasteiger partial charge in [-0.1, -0.05) is 97.9 Å². The monoisotopic (exact) mass is 647 g/mol. The molecular formula is C38H37N3O5S. The molecule has 0 saturated heterocycles. The SMILES string of the molecule is CCC(C1=C(O)CC(CCc2ccccc2)(CCc2ccccc2)OC1=O)c1cccc(NS(=O)(=O)c2ncc3ccccc3n2)c1. The predicted molar refractivity (Wildman–Crippen MR) is 182 cm³/mol. The Labute approximate surface area is 275 Å². The minimum Gasteiger partial charge on any atom is -0.512 e. The number of aliphatic hydroxyl groups is 1. The van der Waals surface area contributed by atoms with Crippen LogP contribution < -0.4 is 4.72 Å². The summed E-state index contributed by atoms with van der Waals surface area (Å²) in [6.45, 7) is 1.92. The number of cyclic esters (lactones) is 1. The first-order valence-corrected chi connectivity index (χ1v) is 17.3. The van der Waals surface area contributed by atoms with Crippen molar-refractivity contribution in [2.45, 2.75) is 62.1 Å². The molecule has 47 heavy (non-hydrogen) atoms. The van der Waals surface area contributed by atoms with Crippen LogP contribution in [0.15, 0.2) is 132 Å². The van der Waals surface area contributed by atoms with Gasteiger partial charge in [0.05, 0.1) is 11.1 Å². The molecule has 1 aliphatic rings. The first-order valence-electron chi connectivity index (χ1n) is 15.8. The lowest BCUT2D eigenvalue weighted by Gasteiger charge is -2.39. The first kappa shape index (κ1) is 31.9. The molecule has 0 amide bonds. The average molecular weight is 648 g/mol. The second kappa shape index (κ2) is 13.8. The molecule has 9 heteroatoms. The number of aryl methyl sites for hydroxylation is 2. The molecule has 5 aromatic rings. The van der Waals surface area contributed by atoms with Crippen molar-refractivity contribution in [1.29, 1.82) is 0 Å². The van der Waals surface area contributed by atoms with Crippen LogP contribution in [0.1, 0.15) is 55.2 Å². The lowest BCUT2D eigenvalue weighted by atomic mass is 9.79. The van der Waals surface area contributed by atoms with E-state index in [1.54, 1.807) is 30.3 Å². The Hall–Kier alpha value is -5.02. The number of hydrogen-bond donors (Lipinski definition) is 2. The van der Waals surface area contributed by atoms with Crippen LogP contribution in [0.5, 0.6) is 0 Å². The smallest absolute Gasteiger partial charge is 0.338 e. The number of esters is 1. The van der Waals surface area contributed by atoms with Crippen molar-refractivity contribution in [3.8, 4) is 0 Å². The van der Waals surface area contributed by atoms with E-state index < -0.39 is 27.5 Å². The summed E-state index contributed by atoms with van der Waals surface area (Å²) in [7, 11) is -4.10. The largest absolute Gasteiger partial charge is 0.512 e. The minimum absolute atomic E-state index is 0.0183. The summed E-state index contributed by atoms with van der Waals surface area (Å²) in [4.78, 5) is 22.1. The Kier molecular flexibility index (Phi) is 9.36. The maximum atomic E-state index is 13.9. The molecule has 0 radical (unpaired) electrons. The van der Waals surface area contributed by atoms with Crippen LogP contribution in [0.25, 0.3) is 10.9 Å². The van der Waals surface area contributed by atoms with Gasteiger partial charge in [0.15, 0.2) is 0 Å². The number of rotatable bonds is 12. The lowest BCUT2D eigenvalue weighted by molar-refractivity contribution is -0.161. The molecule has 4 aromatic carbocycles. The highest BCUT2D eigenvalue weighted by atomic mass is 32.2. The zero-order chi connectivity index (χ0) is 32.9. The molecule has 1 aliphatic heterocycles. The zero-order valence-electron chi connectivity index (χ0n) is 26.2. The van der Waals surface area contributed by atoms with Crippen LogP contribution in [0.2, 0.25) is 0 Å². The van der Waals surface area contributed by atoms with E-state index in [2.05, 4.69) is 39.0 Å². The molecule has 0 bridgehead atoms. The van der Waals surface area contributed by atoms with Gasteiger partial charge in [0.2, 0.25) is 0 Å². The molecule has 8 nitrogen and oxygen atoms in total. The highest BCUT2D eigenvalue weighted by molar-refractivity contribution is 7.92. The number of nitrogens with one attached hydrogen (secondary N) is 1. The highest BCUT2D eigenvalue weighted by Crippen LogP contribution is 2.42. The van der Waals surface area contributed by atoms with Crippen molar-refractivity contribution in [3.63, 3.8) is 0 Å². The zero-order valence-corrected chi connectivity index (χ0v) is 27.0. The second-order valence-electron chi connectivity index (χ2n) is 12.0. The third-order valence-corrected chi connectivity index (χ3v) is 9.94. The van der Waals surface area contributed by atoms with Crippen LogP contribution in [0.4, 0.5) is 5.69 Å². The van der Waals surface area contributed by atoms with Crippen LogP contribution in [0, 0.1) is 0 Å². The van der Waals surface area contributed by atoms with E-state index in [0.717, 1.165) is 16.5 Å². The van der Waals surface area contributed by atoms with Gasteiger partial charge in [-0.05, 0) is 67.0 Å². The minimum atomic E-state index is -4.10. The van der Waals surface area contributed by atoms with Gasteiger partial charge in [-0.25, -0.2) is 14.8 Å². The summed E-state index contributed by atoms with van der Waals surface area (Å²) >= 11 is 0. The molecule has 6 rings (SSSR count). The molecular weight excluding hydrogens is 611 g/mol. The van der Waals surface area contributed by atoms with E-state index in [4.69, 9.17) is 4.74 Å². The number of para-hydroxylation sites is 1. The van der Waals surface area contributed by atoms with E-state index in [0.29, 0.717) is 48.9 Å². The molecule has 1 atom stereocenters. The quantitative estimate of drug-likeness (QED) is 0.105. The third-order valence-electron chi connectivity index (χ3n) is 8.76. The molecule has 240 valence electrons. The van der Waals surface area contributed by atoms with Crippen LogP contribution in [-0.4, -0.2) is 35.1 Å². The topological polar surface area (TPSA) is 118 Å². The van der Waals surface area contributed by atoms with Gasteiger partial charge >= 0.3 is 5.97 Å². The van der Waals surface area contributed by atoms with E-state index in [9.17, 15) is 18.3 Å². The fourth-order valence-electron chi connectivity index (χ4n) is 6.30. The number of carbonyl (C=O) groups is 1. The Balaban J connectivity index is 1.25. The Morgan fingerprint density at radius 3 is 2.15 bits per heavy atom. The number of benzene rings is 4. The first-order chi connectivity index (χ1) is 22.7. The molecule has 0 saturated carbocycles. The summed E-state index contributed by atoms with van der Waals surface area (Å²) in [6.07, 6.45) is 4.70. The number of aromatic nitrogens is 2. The molecule has 0 spiro atoms. The van der Waals surface area contributed by atoms with Crippen molar-refractivity contribution in [3.05, 3.63) is 143 Å². The van der Waals surface area contributed by atoms with E-state index in [1.165, 1.54) is 6.20 Å². The maximum absolute atomic E-state index is 13.9. The van der Waals surface area contributed by atoms with E-state index >= 15 is 0 Å². The van der Waals surface area contributed by atoms with Crippen LogP contribution >= 0.6 is 0 Å². The Bertz CT molecular complexity index is 1970. The van der Waals surface area contributed by atoms with Gasteiger partial charge in [-0.3, -0.25) is 4.72 Å². The Morgan fingerprint density at radius 1 is 0.872 bits per heavy atom. The van der Waals surface area contributed by atoms with Crippen molar-refractivity contribution in [2.75, 3.05) is 4.72 Å².